The summed E-state index contributed by atoms with van der Waals surface area (Å²) in [6.07, 6.45) is 1.94. The van der Waals surface area contributed by atoms with Crippen molar-refractivity contribution in [1.29, 1.82) is 0 Å². The van der Waals surface area contributed by atoms with Gasteiger partial charge in [0.2, 0.25) is 0 Å². The van der Waals surface area contributed by atoms with Gasteiger partial charge in [-0.15, -0.1) is 0 Å². The van der Waals surface area contributed by atoms with Crippen molar-refractivity contribution in [2.24, 2.45) is 0 Å². The Morgan fingerprint density at radius 1 is 1.09 bits per heavy atom. The van der Waals surface area contributed by atoms with Crippen LogP contribution in [0.25, 0.3) is 0 Å². The van der Waals surface area contributed by atoms with Crippen LogP contribution >= 0.6 is 0 Å². The highest BCUT2D eigenvalue weighted by atomic mass is 32.3. The number of hydrogen-bond donors (Lipinski definition) is 0. The van der Waals surface area contributed by atoms with Crippen LogP contribution in [0.3, 0.4) is 0 Å². The van der Waals surface area contributed by atoms with Gasteiger partial charge in [-0.25, -0.2) is 16.8 Å². The summed E-state index contributed by atoms with van der Waals surface area (Å²) in [6, 6.07) is 4.51. The fourth-order valence-electron chi connectivity index (χ4n) is 2.59. The predicted molar refractivity (Wildman–Crippen MR) is 88.3 cm³/mol. The van der Waals surface area contributed by atoms with Gasteiger partial charge in [-0.1, -0.05) is 19.4 Å². The molecule has 1 saturated heterocycles. The second-order valence-corrected chi connectivity index (χ2v) is 10.2. The number of ether oxygens (including phenoxy) is 2. The Balaban J connectivity index is 2.44. The molecule has 8 heteroatoms. The average Bonchev–Trinajstić information content (AvgIpc) is 2.46. The molecule has 130 valence electrons. The van der Waals surface area contributed by atoms with Crippen LogP contribution in [0.1, 0.15) is 36.3 Å². The molecule has 0 aromatic heterocycles. The molecular weight excluding hydrogens is 340 g/mol. The molecule has 0 radical (unpaired) electrons. The normalized spacial score (nSPS) is 20.1. The van der Waals surface area contributed by atoms with E-state index in [1.54, 1.807) is 6.07 Å². The maximum atomic E-state index is 12.3. The van der Waals surface area contributed by atoms with Gasteiger partial charge in [-0.3, -0.25) is 0 Å². The van der Waals surface area contributed by atoms with Gasteiger partial charge in [0.15, 0.2) is 35.8 Å². The van der Waals surface area contributed by atoms with Gasteiger partial charge in [0.25, 0.3) is 0 Å². The largest absolute Gasteiger partial charge is 0.493 e. The van der Waals surface area contributed by atoms with Crippen LogP contribution in [0.4, 0.5) is 0 Å². The highest BCUT2D eigenvalue weighted by Gasteiger charge is 2.42. The lowest BCUT2D eigenvalue weighted by Gasteiger charge is -2.23. The lowest BCUT2D eigenvalue weighted by molar-refractivity contribution is 0.288. The molecule has 2 rings (SSSR count). The first kappa shape index (κ1) is 18.1. The van der Waals surface area contributed by atoms with Crippen molar-refractivity contribution in [3.05, 3.63) is 23.8 Å². The summed E-state index contributed by atoms with van der Waals surface area (Å²) in [7, 11) is -5.98. The minimum absolute atomic E-state index is 0.116. The Kier molecular flexibility index (Phi) is 5.57. The van der Waals surface area contributed by atoms with Crippen molar-refractivity contribution in [1.82, 2.24) is 0 Å². The fourth-order valence-corrected chi connectivity index (χ4v) is 7.78. The molecule has 23 heavy (non-hydrogen) atoms. The minimum Gasteiger partial charge on any atom is -0.493 e. The topological polar surface area (TPSA) is 86.7 Å². The van der Waals surface area contributed by atoms with E-state index in [1.807, 2.05) is 6.92 Å². The fraction of sp³-hybridized carbons (Fsp3) is 0.600. The third kappa shape index (κ3) is 3.98. The number of benzene rings is 1. The number of rotatable bonds is 6. The maximum absolute atomic E-state index is 12.3. The molecule has 1 fully saturated rings. The number of sulfone groups is 2. The standard InChI is InChI=1S/C15H22O6S2/c1-3-4-8-21-14-11-12(6-7-13(14)20-2)15-22(16,17)9-5-10-23(15,18)19/h6-7,11,15H,3-5,8-10H2,1-2H3. The summed E-state index contributed by atoms with van der Waals surface area (Å²) in [6.45, 7) is 2.48. The molecule has 1 aliphatic rings. The molecule has 0 N–H and O–H groups in total. The number of unbranched alkanes of at least 4 members (excludes halogenated alkanes) is 1. The van der Waals surface area contributed by atoms with E-state index in [2.05, 4.69) is 0 Å². The van der Waals surface area contributed by atoms with E-state index in [9.17, 15) is 16.8 Å². The van der Waals surface area contributed by atoms with Crippen molar-refractivity contribution in [3.63, 3.8) is 0 Å². The molecule has 0 amide bonds. The Labute approximate surface area is 137 Å². The van der Waals surface area contributed by atoms with E-state index in [4.69, 9.17) is 9.47 Å². The van der Waals surface area contributed by atoms with Crippen LogP contribution in [0.2, 0.25) is 0 Å². The molecule has 1 aromatic carbocycles. The van der Waals surface area contributed by atoms with Gasteiger partial charge in [-0.05, 0) is 30.5 Å². The Morgan fingerprint density at radius 3 is 2.30 bits per heavy atom. The van der Waals surface area contributed by atoms with Crippen molar-refractivity contribution >= 4 is 19.7 Å². The van der Waals surface area contributed by atoms with Crippen LogP contribution in [-0.4, -0.2) is 42.1 Å². The van der Waals surface area contributed by atoms with Crippen LogP contribution in [0.5, 0.6) is 11.5 Å². The molecular formula is C15H22O6S2. The summed E-state index contributed by atoms with van der Waals surface area (Å²) in [5.74, 6) is 0.592. The molecule has 6 nitrogen and oxygen atoms in total. The molecule has 0 unspecified atom stereocenters. The highest BCUT2D eigenvalue weighted by molar-refractivity contribution is 8.09. The number of methoxy groups -OCH3 is 1. The van der Waals surface area contributed by atoms with Crippen LogP contribution in [0, 0.1) is 0 Å². The Bertz CT molecular complexity index is 718. The smallest absolute Gasteiger partial charge is 0.187 e. The van der Waals surface area contributed by atoms with Crippen LogP contribution in [0.15, 0.2) is 18.2 Å². The first-order valence-corrected chi connectivity index (χ1v) is 11.0. The van der Waals surface area contributed by atoms with E-state index in [-0.39, 0.29) is 23.5 Å². The van der Waals surface area contributed by atoms with Gasteiger partial charge in [0.05, 0.1) is 25.2 Å². The van der Waals surface area contributed by atoms with E-state index in [0.29, 0.717) is 18.1 Å². The van der Waals surface area contributed by atoms with Crippen molar-refractivity contribution in [2.75, 3.05) is 25.2 Å². The van der Waals surface area contributed by atoms with E-state index < -0.39 is 24.3 Å². The highest BCUT2D eigenvalue weighted by Crippen LogP contribution is 2.38. The molecule has 0 atom stereocenters. The van der Waals surface area contributed by atoms with Gasteiger partial charge in [-0.2, -0.15) is 0 Å². The maximum Gasteiger partial charge on any atom is 0.187 e. The van der Waals surface area contributed by atoms with E-state index in [1.165, 1.54) is 19.2 Å². The summed E-state index contributed by atoms with van der Waals surface area (Å²) in [4.78, 5) is 0. The molecule has 1 heterocycles. The SMILES string of the molecule is CCCCOc1cc(C2S(=O)(=O)CCCS2(=O)=O)ccc1OC. The second-order valence-electron chi connectivity index (χ2n) is 5.53. The van der Waals surface area contributed by atoms with Crippen molar-refractivity contribution in [2.45, 2.75) is 30.8 Å². The van der Waals surface area contributed by atoms with Gasteiger partial charge in [0.1, 0.15) is 0 Å². The molecule has 0 bridgehead atoms. The zero-order valence-corrected chi connectivity index (χ0v) is 15.0. The van der Waals surface area contributed by atoms with E-state index in [0.717, 1.165) is 12.8 Å². The van der Waals surface area contributed by atoms with Crippen molar-refractivity contribution < 1.29 is 26.3 Å². The molecule has 1 aromatic rings. The Morgan fingerprint density at radius 2 is 1.74 bits per heavy atom. The average molecular weight is 362 g/mol. The third-order valence-corrected chi connectivity index (χ3v) is 9.05. The lowest BCUT2D eigenvalue weighted by atomic mass is 10.2. The Hall–Kier alpha value is -1.28. The van der Waals surface area contributed by atoms with Crippen molar-refractivity contribution in [3.8, 4) is 11.5 Å². The first-order chi connectivity index (χ1) is 10.8. The minimum atomic E-state index is -3.73. The van der Waals surface area contributed by atoms with Gasteiger partial charge >= 0.3 is 0 Å². The predicted octanol–water partition coefficient (Wildman–Crippen LogP) is 2.11. The zero-order chi connectivity index (χ0) is 17.1. The van der Waals surface area contributed by atoms with Crippen LogP contribution < -0.4 is 9.47 Å². The first-order valence-electron chi connectivity index (χ1n) is 7.55. The monoisotopic (exact) mass is 362 g/mol. The quantitative estimate of drug-likeness (QED) is 0.720. The number of hydrogen-bond acceptors (Lipinski definition) is 6. The van der Waals surface area contributed by atoms with Gasteiger partial charge in [0, 0.05) is 0 Å². The second kappa shape index (κ2) is 7.09. The van der Waals surface area contributed by atoms with Crippen LogP contribution in [-0.2, 0) is 19.7 Å². The molecule has 0 spiro atoms. The summed E-state index contributed by atoms with van der Waals surface area (Å²) < 4.78 is 58.4. The molecule has 0 aliphatic carbocycles. The third-order valence-electron chi connectivity index (χ3n) is 3.73. The summed E-state index contributed by atoms with van der Waals surface area (Å²) >= 11 is 0. The summed E-state index contributed by atoms with van der Waals surface area (Å²) in [5.41, 5.74) is 0.219. The molecule has 0 saturated carbocycles. The van der Waals surface area contributed by atoms with Gasteiger partial charge < -0.3 is 9.47 Å². The lowest BCUT2D eigenvalue weighted by Crippen LogP contribution is -2.32. The summed E-state index contributed by atoms with van der Waals surface area (Å²) in [5, 5.41) is 0. The van der Waals surface area contributed by atoms with E-state index >= 15 is 0 Å². The molecule has 1 aliphatic heterocycles. The zero-order valence-electron chi connectivity index (χ0n) is 13.3.